The van der Waals surface area contributed by atoms with Crippen molar-refractivity contribution in [3.63, 3.8) is 0 Å². The Balaban J connectivity index is 1.82. The first-order valence-electron chi connectivity index (χ1n) is 9.44. The summed E-state index contributed by atoms with van der Waals surface area (Å²) < 4.78 is 0. The van der Waals surface area contributed by atoms with Crippen LogP contribution in [-0.2, 0) is 9.59 Å². The molecule has 1 saturated carbocycles. The molecule has 148 valence electrons. The van der Waals surface area contributed by atoms with Crippen LogP contribution in [0.3, 0.4) is 0 Å². The molecule has 1 atom stereocenters. The molecule has 1 aromatic rings. The zero-order valence-corrected chi connectivity index (χ0v) is 16.5. The van der Waals surface area contributed by atoms with Gasteiger partial charge in [0.2, 0.25) is 11.8 Å². The summed E-state index contributed by atoms with van der Waals surface area (Å²) in [7, 11) is 0. The Kier molecular flexibility index (Phi) is 6.82. The van der Waals surface area contributed by atoms with Gasteiger partial charge in [0.1, 0.15) is 6.04 Å². The average molecular weight is 374 g/mol. The lowest BCUT2D eigenvalue weighted by atomic mass is 9.95. The fourth-order valence-electron chi connectivity index (χ4n) is 2.80. The van der Waals surface area contributed by atoms with E-state index in [2.05, 4.69) is 21.3 Å². The van der Waals surface area contributed by atoms with Crippen LogP contribution in [0.4, 0.5) is 16.2 Å². The van der Waals surface area contributed by atoms with E-state index in [-0.39, 0.29) is 11.9 Å². The van der Waals surface area contributed by atoms with Crippen LogP contribution in [0.25, 0.3) is 0 Å². The van der Waals surface area contributed by atoms with E-state index < -0.39 is 23.4 Å². The van der Waals surface area contributed by atoms with E-state index in [1.165, 1.54) is 0 Å². The van der Waals surface area contributed by atoms with Gasteiger partial charge >= 0.3 is 6.03 Å². The van der Waals surface area contributed by atoms with Crippen molar-refractivity contribution in [2.24, 2.45) is 5.41 Å². The third-order valence-electron chi connectivity index (χ3n) is 4.53. The van der Waals surface area contributed by atoms with Crippen LogP contribution in [-0.4, -0.2) is 29.9 Å². The third-order valence-corrected chi connectivity index (χ3v) is 4.53. The number of carbonyl (C=O) groups is 3. The van der Waals surface area contributed by atoms with Crippen LogP contribution in [0.2, 0.25) is 0 Å². The number of hydrogen-bond acceptors (Lipinski definition) is 4. The normalized spacial score (nSPS) is 15.7. The minimum atomic E-state index is -0.575. The fourth-order valence-corrected chi connectivity index (χ4v) is 2.80. The third kappa shape index (κ3) is 6.58. The summed E-state index contributed by atoms with van der Waals surface area (Å²) in [6.45, 7) is 7.23. The molecule has 0 spiro atoms. The molecule has 0 bridgehead atoms. The number of rotatable bonds is 5. The number of benzene rings is 1. The van der Waals surface area contributed by atoms with E-state index in [1.807, 2.05) is 20.8 Å². The quantitative estimate of drug-likeness (QED) is 0.636. The predicted octanol–water partition coefficient (Wildman–Crippen LogP) is 3.24. The molecule has 7 heteroatoms. The lowest BCUT2D eigenvalue weighted by Gasteiger charge is -2.19. The van der Waals surface area contributed by atoms with Gasteiger partial charge < -0.3 is 16.0 Å². The van der Waals surface area contributed by atoms with Crippen LogP contribution in [0, 0.1) is 5.41 Å². The molecule has 1 fully saturated rings. The Bertz CT molecular complexity index is 673. The zero-order valence-electron chi connectivity index (χ0n) is 16.5. The number of imide groups is 1. The summed E-state index contributed by atoms with van der Waals surface area (Å²) >= 11 is 0. The highest BCUT2D eigenvalue weighted by atomic mass is 16.2. The summed E-state index contributed by atoms with van der Waals surface area (Å²) in [5.74, 6) is -0.458. The number of carbonyl (C=O) groups excluding carboxylic acids is 3. The molecule has 0 aliphatic heterocycles. The second-order valence-electron chi connectivity index (χ2n) is 8.09. The number of amides is 4. The zero-order chi connectivity index (χ0) is 20.0. The van der Waals surface area contributed by atoms with Crippen molar-refractivity contribution < 1.29 is 14.4 Å². The first-order valence-corrected chi connectivity index (χ1v) is 9.44. The van der Waals surface area contributed by atoms with E-state index in [9.17, 15) is 14.4 Å². The summed E-state index contributed by atoms with van der Waals surface area (Å²) in [6.07, 6.45) is 4.16. The van der Waals surface area contributed by atoms with Gasteiger partial charge in [-0.05, 0) is 44.0 Å². The number of urea groups is 1. The molecule has 1 unspecified atom stereocenters. The highest BCUT2D eigenvalue weighted by Crippen LogP contribution is 2.19. The SMILES string of the molecule is CC(Nc1ccc(NC(=O)C(C)(C)C)cc1)C(=O)NC(=O)NC1CCCC1. The number of anilines is 2. The predicted molar refractivity (Wildman–Crippen MR) is 107 cm³/mol. The van der Waals surface area contributed by atoms with Crippen LogP contribution in [0.1, 0.15) is 53.4 Å². The lowest BCUT2D eigenvalue weighted by molar-refractivity contribution is -0.123. The molecule has 1 aliphatic carbocycles. The van der Waals surface area contributed by atoms with Gasteiger partial charge in [0.15, 0.2) is 0 Å². The smallest absolute Gasteiger partial charge is 0.321 e. The molecule has 0 saturated heterocycles. The number of nitrogens with one attached hydrogen (secondary N) is 4. The topological polar surface area (TPSA) is 99.3 Å². The Morgan fingerprint density at radius 2 is 1.56 bits per heavy atom. The van der Waals surface area contributed by atoms with Gasteiger partial charge in [0.25, 0.3) is 0 Å². The van der Waals surface area contributed by atoms with Crippen LogP contribution >= 0.6 is 0 Å². The van der Waals surface area contributed by atoms with Gasteiger partial charge in [-0.2, -0.15) is 0 Å². The molecule has 1 aliphatic rings. The Labute approximate surface area is 160 Å². The average Bonchev–Trinajstić information content (AvgIpc) is 3.08. The van der Waals surface area contributed by atoms with E-state index in [0.29, 0.717) is 5.69 Å². The Morgan fingerprint density at radius 1 is 1.00 bits per heavy atom. The van der Waals surface area contributed by atoms with Gasteiger partial charge in [-0.1, -0.05) is 33.6 Å². The van der Waals surface area contributed by atoms with Gasteiger partial charge in [0, 0.05) is 22.8 Å². The van der Waals surface area contributed by atoms with E-state index in [1.54, 1.807) is 31.2 Å². The molecular weight excluding hydrogens is 344 g/mol. The second kappa shape index (κ2) is 8.88. The first-order chi connectivity index (χ1) is 12.6. The molecule has 1 aromatic carbocycles. The minimum absolute atomic E-state index is 0.0655. The van der Waals surface area contributed by atoms with E-state index in [4.69, 9.17) is 0 Å². The molecule has 2 rings (SSSR count). The molecule has 0 radical (unpaired) electrons. The maximum atomic E-state index is 12.2. The molecule has 0 heterocycles. The highest BCUT2D eigenvalue weighted by Gasteiger charge is 2.22. The van der Waals surface area contributed by atoms with Crippen molar-refractivity contribution >= 4 is 29.2 Å². The fraction of sp³-hybridized carbons (Fsp3) is 0.550. The maximum absolute atomic E-state index is 12.2. The van der Waals surface area contributed by atoms with Crippen molar-refractivity contribution in [2.75, 3.05) is 10.6 Å². The minimum Gasteiger partial charge on any atom is -0.374 e. The second-order valence-corrected chi connectivity index (χ2v) is 8.09. The largest absolute Gasteiger partial charge is 0.374 e. The highest BCUT2D eigenvalue weighted by molar-refractivity contribution is 5.98. The monoisotopic (exact) mass is 374 g/mol. The standard InChI is InChI=1S/C20H30N4O3/c1-13(17(25)24-19(27)23-14-7-5-6-8-14)21-15-9-11-16(12-10-15)22-18(26)20(2,3)4/h9-14,21H,5-8H2,1-4H3,(H,22,26)(H2,23,24,25,27). The Hall–Kier alpha value is -2.57. The Morgan fingerprint density at radius 3 is 2.11 bits per heavy atom. The molecule has 0 aromatic heterocycles. The maximum Gasteiger partial charge on any atom is 0.321 e. The van der Waals surface area contributed by atoms with Crippen molar-refractivity contribution in [3.8, 4) is 0 Å². The van der Waals surface area contributed by atoms with Crippen molar-refractivity contribution in [1.29, 1.82) is 0 Å². The van der Waals surface area contributed by atoms with Crippen molar-refractivity contribution in [2.45, 2.75) is 65.5 Å². The lowest BCUT2D eigenvalue weighted by Crippen LogP contribution is -2.48. The van der Waals surface area contributed by atoms with Crippen LogP contribution < -0.4 is 21.3 Å². The molecular formula is C20H30N4O3. The summed E-state index contributed by atoms with van der Waals surface area (Å²) in [4.78, 5) is 36.0. The van der Waals surface area contributed by atoms with Crippen LogP contribution in [0.15, 0.2) is 24.3 Å². The summed E-state index contributed by atoms with van der Waals surface area (Å²) in [5, 5.41) is 11.1. The van der Waals surface area contributed by atoms with Crippen molar-refractivity contribution in [1.82, 2.24) is 10.6 Å². The van der Waals surface area contributed by atoms with Gasteiger partial charge in [-0.25, -0.2) is 4.79 Å². The summed E-state index contributed by atoms with van der Waals surface area (Å²) in [5.41, 5.74) is 0.943. The molecule has 4 N–H and O–H groups in total. The first kappa shape index (κ1) is 20.7. The van der Waals surface area contributed by atoms with E-state index in [0.717, 1.165) is 31.4 Å². The number of hydrogen-bond donors (Lipinski definition) is 4. The summed E-state index contributed by atoms with van der Waals surface area (Å²) in [6, 6.07) is 6.24. The van der Waals surface area contributed by atoms with Gasteiger partial charge in [-0.15, -0.1) is 0 Å². The van der Waals surface area contributed by atoms with Crippen molar-refractivity contribution in [3.05, 3.63) is 24.3 Å². The van der Waals surface area contributed by atoms with Crippen LogP contribution in [0.5, 0.6) is 0 Å². The van der Waals surface area contributed by atoms with Gasteiger partial charge in [0.05, 0.1) is 0 Å². The van der Waals surface area contributed by atoms with E-state index >= 15 is 0 Å². The molecule has 4 amide bonds. The molecule has 27 heavy (non-hydrogen) atoms. The van der Waals surface area contributed by atoms with Gasteiger partial charge in [-0.3, -0.25) is 14.9 Å². The molecule has 7 nitrogen and oxygen atoms in total.